The second-order valence-electron chi connectivity index (χ2n) is 5.76. The van der Waals surface area contributed by atoms with E-state index in [0.717, 1.165) is 5.56 Å². The molecule has 2 aliphatic rings. The lowest BCUT2D eigenvalue weighted by Gasteiger charge is -2.38. The number of allylic oxidation sites excluding steroid dienone is 2. The predicted octanol–water partition coefficient (Wildman–Crippen LogP) is 0.592. The molecule has 1 aliphatic heterocycles. The van der Waals surface area contributed by atoms with E-state index >= 15 is 0 Å². The first-order valence-corrected chi connectivity index (χ1v) is 6.99. The molecule has 5 nitrogen and oxygen atoms in total. The van der Waals surface area contributed by atoms with Gasteiger partial charge >= 0.3 is 0 Å². The largest absolute Gasteiger partial charge is 0.548 e. The normalized spacial score (nSPS) is 25.7. The molecule has 0 unspecified atom stereocenters. The molecule has 0 spiro atoms. The summed E-state index contributed by atoms with van der Waals surface area (Å²) < 4.78 is 0. The highest BCUT2D eigenvalue weighted by molar-refractivity contribution is 6.01. The van der Waals surface area contributed by atoms with Gasteiger partial charge in [0.2, 0.25) is 0 Å². The van der Waals surface area contributed by atoms with Gasteiger partial charge in [-0.3, -0.25) is 4.79 Å². The maximum atomic E-state index is 12.3. The molecule has 110 valence electrons. The van der Waals surface area contributed by atoms with Crippen molar-refractivity contribution in [1.82, 2.24) is 4.90 Å². The summed E-state index contributed by atoms with van der Waals surface area (Å²) in [5.74, 6) is -1.28. The highest BCUT2D eigenvalue weighted by atomic mass is 16.4. The van der Waals surface area contributed by atoms with Crippen LogP contribution in [-0.2, 0) is 4.79 Å². The molecule has 0 saturated carbocycles. The smallest absolute Gasteiger partial charge is 0.255 e. The van der Waals surface area contributed by atoms with E-state index in [1.54, 1.807) is 20.2 Å². The third-order valence-electron chi connectivity index (χ3n) is 4.29. The lowest BCUT2D eigenvalue weighted by Crippen LogP contribution is -2.49. The maximum absolute atomic E-state index is 12.3. The molecular weight excluding hydrogens is 268 g/mol. The van der Waals surface area contributed by atoms with E-state index in [-0.39, 0.29) is 17.7 Å². The minimum absolute atomic E-state index is 0.0269. The number of nitrogens with one attached hydrogen (secondary N) is 1. The number of aliphatic carboxylic acids is 1. The Bertz CT molecular complexity index is 636. The molecule has 0 aromatic heterocycles. The first-order chi connectivity index (χ1) is 10.0. The van der Waals surface area contributed by atoms with Crippen LogP contribution in [0.25, 0.3) is 0 Å². The van der Waals surface area contributed by atoms with Gasteiger partial charge in [-0.2, -0.15) is 0 Å². The van der Waals surface area contributed by atoms with Gasteiger partial charge in [0.25, 0.3) is 5.91 Å². The van der Waals surface area contributed by atoms with Crippen molar-refractivity contribution in [3.63, 3.8) is 0 Å². The summed E-state index contributed by atoms with van der Waals surface area (Å²) in [5, 5.41) is 14.4. The first-order valence-electron chi connectivity index (χ1n) is 6.99. The number of nitrogens with zero attached hydrogens (tertiary/aromatic N) is 1. The van der Waals surface area contributed by atoms with Crippen LogP contribution in [0.3, 0.4) is 0 Å². The maximum Gasteiger partial charge on any atom is 0.255 e. The number of carbonyl (C=O) groups is 2. The van der Waals surface area contributed by atoms with E-state index < -0.39 is 12.0 Å². The third kappa shape index (κ3) is 2.09. The van der Waals surface area contributed by atoms with Crippen LogP contribution in [0.2, 0.25) is 0 Å². The van der Waals surface area contributed by atoms with Crippen LogP contribution in [0.15, 0.2) is 30.4 Å². The standard InChI is InChI=1S/C16H18N2O3/c1-18(2)15(19)12-8-4-6-10-9-5-3-7-11(9)14(16(20)21)17-13(10)12/h3-6,8-9,11,14,17H,7H2,1-2H3,(H,20,21)/p-1/t9-,11+,14-/m0/s1. The highest BCUT2D eigenvalue weighted by Gasteiger charge is 2.39. The van der Waals surface area contributed by atoms with Crippen LogP contribution in [0.4, 0.5) is 5.69 Å². The lowest BCUT2D eigenvalue weighted by atomic mass is 9.78. The Morgan fingerprint density at radius 3 is 2.76 bits per heavy atom. The van der Waals surface area contributed by atoms with Crippen molar-refractivity contribution < 1.29 is 14.7 Å². The highest BCUT2D eigenvalue weighted by Crippen LogP contribution is 2.45. The topological polar surface area (TPSA) is 72.5 Å². The van der Waals surface area contributed by atoms with Crippen molar-refractivity contribution in [2.24, 2.45) is 5.92 Å². The molecule has 3 atom stereocenters. The van der Waals surface area contributed by atoms with E-state index in [0.29, 0.717) is 17.7 Å². The molecule has 1 heterocycles. The number of hydrogen-bond acceptors (Lipinski definition) is 4. The summed E-state index contributed by atoms with van der Waals surface area (Å²) in [7, 11) is 3.36. The number of fused-ring (bicyclic) bond motifs is 3. The molecule has 1 N–H and O–H groups in total. The predicted molar refractivity (Wildman–Crippen MR) is 76.9 cm³/mol. The van der Waals surface area contributed by atoms with Crippen molar-refractivity contribution >= 4 is 17.6 Å². The quantitative estimate of drug-likeness (QED) is 0.807. The molecule has 1 amide bonds. The van der Waals surface area contributed by atoms with E-state index in [4.69, 9.17) is 0 Å². The van der Waals surface area contributed by atoms with E-state index in [2.05, 4.69) is 5.32 Å². The minimum atomic E-state index is -1.12. The molecule has 21 heavy (non-hydrogen) atoms. The van der Waals surface area contributed by atoms with Crippen molar-refractivity contribution in [2.45, 2.75) is 18.4 Å². The number of carboxylic acid groups (broad SMARTS) is 1. The van der Waals surface area contributed by atoms with Crippen LogP contribution in [0.1, 0.15) is 28.3 Å². The van der Waals surface area contributed by atoms with Gasteiger partial charge in [-0.25, -0.2) is 0 Å². The molecule has 5 heteroatoms. The molecular formula is C16H17N2O3-. The zero-order valence-corrected chi connectivity index (χ0v) is 12.0. The molecule has 0 bridgehead atoms. The van der Waals surface area contributed by atoms with E-state index in [1.807, 2.05) is 24.3 Å². The van der Waals surface area contributed by atoms with Gasteiger partial charge in [0.05, 0.1) is 23.3 Å². The van der Waals surface area contributed by atoms with Crippen molar-refractivity contribution in [3.05, 3.63) is 41.5 Å². The number of carbonyl (C=O) groups excluding carboxylic acids is 2. The fourth-order valence-electron chi connectivity index (χ4n) is 3.27. The van der Waals surface area contributed by atoms with E-state index in [1.165, 1.54) is 4.90 Å². The summed E-state index contributed by atoms with van der Waals surface area (Å²) in [6.45, 7) is 0. The number of anilines is 1. The molecule has 3 rings (SSSR count). The van der Waals surface area contributed by atoms with Gasteiger partial charge in [-0.15, -0.1) is 0 Å². The Kier molecular flexibility index (Phi) is 3.20. The van der Waals surface area contributed by atoms with Crippen LogP contribution in [0.5, 0.6) is 0 Å². The molecule has 0 fully saturated rings. The number of carboxylic acids is 1. The van der Waals surface area contributed by atoms with Crippen LogP contribution < -0.4 is 10.4 Å². The molecule has 1 aliphatic carbocycles. The third-order valence-corrected chi connectivity index (χ3v) is 4.29. The minimum Gasteiger partial charge on any atom is -0.548 e. The zero-order valence-electron chi connectivity index (χ0n) is 12.0. The molecule has 0 radical (unpaired) electrons. The van der Waals surface area contributed by atoms with Gasteiger partial charge in [-0.1, -0.05) is 24.3 Å². The first kappa shape index (κ1) is 13.7. The Balaban J connectivity index is 2.12. The van der Waals surface area contributed by atoms with Crippen LogP contribution >= 0.6 is 0 Å². The Hall–Kier alpha value is -2.30. The van der Waals surface area contributed by atoms with Gasteiger partial charge in [0.15, 0.2) is 0 Å². The number of amides is 1. The van der Waals surface area contributed by atoms with E-state index in [9.17, 15) is 14.7 Å². The number of hydrogen-bond donors (Lipinski definition) is 1. The second-order valence-corrected chi connectivity index (χ2v) is 5.76. The summed E-state index contributed by atoms with van der Waals surface area (Å²) >= 11 is 0. The zero-order chi connectivity index (χ0) is 15.1. The number of para-hydroxylation sites is 1. The van der Waals surface area contributed by atoms with Gasteiger partial charge in [0.1, 0.15) is 0 Å². The van der Waals surface area contributed by atoms with Crippen molar-refractivity contribution in [2.75, 3.05) is 19.4 Å². The molecule has 1 aromatic carbocycles. The fraction of sp³-hybridized carbons (Fsp3) is 0.375. The van der Waals surface area contributed by atoms with Crippen molar-refractivity contribution in [1.29, 1.82) is 0 Å². The summed E-state index contributed by atoms with van der Waals surface area (Å²) in [4.78, 5) is 25.2. The molecule has 1 aromatic rings. The summed E-state index contributed by atoms with van der Waals surface area (Å²) in [6, 6.07) is 4.75. The van der Waals surface area contributed by atoms with Crippen LogP contribution in [-0.4, -0.2) is 36.9 Å². The lowest BCUT2D eigenvalue weighted by molar-refractivity contribution is -0.308. The van der Waals surface area contributed by atoms with Crippen LogP contribution in [0, 0.1) is 5.92 Å². The Labute approximate surface area is 123 Å². The Morgan fingerprint density at radius 1 is 1.33 bits per heavy atom. The second kappa shape index (κ2) is 4.91. The molecule has 0 saturated heterocycles. The fourth-order valence-corrected chi connectivity index (χ4v) is 3.27. The van der Waals surface area contributed by atoms with Gasteiger partial charge in [-0.05, 0) is 24.0 Å². The summed E-state index contributed by atoms with van der Waals surface area (Å²) in [6.07, 6.45) is 4.74. The SMILES string of the molecule is CN(C)C(=O)c1cccc2c1N[C@H](C(=O)[O-])[C@@H]1CC=C[C@@H]21. The van der Waals surface area contributed by atoms with Crippen molar-refractivity contribution in [3.8, 4) is 0 Å². The monoisotopic (exact) mass is 285 g/mol. The average molecular weight is 285 g/mol. The average Bonchev–Trinajstić information content (AvgIpc) is 2.94. The number of benzene rings is 1. The van der Waals surface area contributed by atoms with Gasteiger partial charge < -0.3 is 20.1 Å². The Morgan fingerprint density at radius 2 is 2.10 bits per heavy atom. The van der Waals surface area contributed by atoms with Gasteiger partial charge in [0, 0.05) is 20.0 Å². The number of rotatable bonds is 2. The summed E-state index contributed by atoms with van der Waals surface area (Å²) in [5.41, 5.74) is 2.11.